The van der Waals surface area contributed by atoms with Crippen molar-refractivity contribution in [2.45, 2.75) is 27.7 Å². The summed E-state index contributed by atoms with van der Waals surface area (Å²) in [6.07, 6.45) is 0. The van der Waals surface area contributed by atoms with Crippen LogP contribution in [0.25, 0.3) is 0 Å². The van der Waals surface area contributed by atoms with E-state index in [2.05, 4.69) is 0 Å². The van der Waals surface area contributed by atoms with Gasteiger partial charge in [-0.1, -0.05) is 27.7 Å². The fraction of sp³-hybridized carbons (Fsp3) is 0.889. The lowest BCUT2D eigenvalue weighted by Gasteiger charge is -2.23. The molecule has 0 aromatic heterocycles. The predicted molar refractivity (Wildman–Crippen MR) is 56.9 cm³/mol. The van der Waals surface area contributed by atoms with E-state index in [1.165, 1.54) is 0 Å². The first-order valence-electron chi connectivity index (χ1n) is 4.91. The van der Waals surface area contributed by atoms with Crippen molar-refractivity contribution in [1.29, 1.82) is 5.26 Å². The van der Waals surface area contributed by atoms with E-state index >= 15 is 0 Å². The van der Waals surface area contributed by atoms with Crippen molar-refractivity contribution in [1.82, 2.24) is 4.67 Å². The fourth-order valence-electron chi connectivity index (χ4n) is 1.02. The van der Waals surface area contributed by atoms with Crippen LogP contribution in [-0.2, 0) is 9.09 Å². The molecule has 0 saturated heterocycles. The fourth-order valence-corrected chi connectivity index (χ4v) is 2.61. The molecule has 14 heavy (non-hydrogen) atoms. The highest BCUT2D eigenvalue weighted by molar-refractivity contribution is 7.61. The summed E-state index contributed by atoms with van der Waals surface area (Å²) in [6.45, 7) is 9.16. The standard InChI is InChI=1S/C9H19N2O2P/c1-5-11(6-2)14(12,8-10)13-7-9(3)4/h9H,5-7H2,1-4H3. The molecule has 0 rings (SSSR count). The van der Waals surface area contributed by atoms with Gasteiger partial charge in [0, 0.05) is 13.1 Å². The van der Waals surface area contributed by atoms with Crippen molar-refractivity contribution in [2.75, 3.05) is 19.7 Å². The second kappa shape index (κ2) is 6.19. The van der Waals surface area contributed by atoms with Gasteiger partial charge in [-0.2, -0.15) is 5.26 Å². The smallest absolute Gasteiger partial charge is 0.307 e. The molecule has 0 fully saturated rings. The highest BCUT2D eigenvalue weighted by atomic mass is 31.2. The van der Waals surface area contributed by atoms with Gasteiger partial charge in [-0.05, 0) is 5.92 Å². The van der Waals surface area contributed by atoms with Gasteiger partial charge in [-0.15, -0.1) is 0 Å². The largest absolute Gasteiger partial charge is 0.371 e. The summed E-state index contributed by atoms with van der Waals surface area (Å²) in [5.74, 6) is 2.08. The molecular formula is C9H19N2O2P. The molecule has 0 aliphatic heterocycles. The minimum atomic E-state index is -3.23. The van der Waals surface area contributed by atoms with Gasteiger partial charge in [-0.3, -0.25) is 4.57 Å². The summed E-state index contributed by atoms with van der Waals surface area (Å²) in [4.78, 5) is 0. The average molecular weight is 218 g/mol. The van der Waals surface area contributed by atoms with Gasteiger partial charge in [-0.25, -0.2) is 4.67 Å². The zero-order chi connectivity index (χ0) is 11.2. The first-order chi connectivity index (χ1) is 6.50. The van der Waals surface area contributed by atoms with Crippen LogP contribution in [0.4, 0.5) is 0 Å². The molecule has 0 aromatic rings. The molecule has 0 bridgehead atoms. The van der Waals surface area contributed by atoms with E-state index in [1.54, 1.807) is 10.5 Å². The van der Waals surface area contributed by atoms with Crippen molar-refractivity contribution in [3.05, 3.63) is 0 Å². The lowest BCUT2D eigenvalue weighted by atomic mass is 10.2. The van der Waals surface area contributed by atoms with Crippen molar-refractivity contribution in [3.8, 4) is 5.81 Å². The van der Waals surface area contributed by atoms with Gasteiger partial charge >= 0.3 is 7.52 Å². The monoisotopic (exact) mass is 218 g/mol. The molecule has 0 heterocycles. The van der Waals surface area contributed by atoms with Gasteiger partial charge in [0.25, 0.3) is 0 Å². The second-order valence-electron chi connectivity index (χ2n) is 3.45. The molecule has 0 radical (unpaired) electrons. The zero-order valence-corrected chi connectivity index (χ0v) is 10.3. The van der Waals surface area contributed by atoms with Crippen LogP contribution in [-0.4, -0.2) is 24.4 Å². The first-order valence-corrected chi connectivity index (χ1v) is 6.49. The van der Waals surface area contributed by atoms with Crippen LogP contribution in [0, 0.1) is 17.0 Å². The molecule has 4 nitrogen and oxygen atoms in total. The maximum Gasteiger partial charge on any atom is 0.371 e. The Labute approximate surface area is 86.4 Å². The Bertz CT molecular complexity index is 244. The molecule has 0 aliphatic carbocycles. The zero-order valence-electron chi connectivity index (χ0n) is 9.36. The summed E-state index contributed by atoms with van der Waals surface area (Å²) in [5.41, 5.74) is 0. The van der Waals surface area contributed by atoms with Gasteiger partial charge in [0.05, 0.1) is 6.61 Å². The third kappa shape index (κ3) is 3.79. The molecule has 0 aliphatic rings. The maximum atomic E-state index is 12.0. The minimum absolute atomic E-state index is 0.284. The molecule has 0 amide bonds. The van der Waals surface area contributed by atoms with Crippen molar-refractivity contribution >= 4 is 7.52 Å². The molecule has 82 valence electrons. The molecule has 5 heteroatoms. The Morgan fingerprint density at radius 3 is 2.21 bits per heavy atom. The highest BCUT2D eigenvalue weighted by Gasteiger charge is 2.29. The quantitative estimate of drug-likeness (QED) is 0.643. The van der Waals surface area contributed by atoms with Crippen LogP contribution in [0.5, 0.6) is 0 Å². The van der Waals surface area contributed by atoms with E-state index in [-0.39, 0.29) is 5.92 Å². The number of nitriles is 1. The Balaban J connectivity index is 4.48. The predicted octanol–water partition coefficient (Wildman–Crippen LogP) is 2.67. The van der Waals surface area contributed by atoms with Crippen molar-refractivity contribution in [3.63, 3.8) is 0 Å². The van der Waals surface area contributed by atoms with E-state index in [9.17, 15) is 4.57 Å². The van der Waals surface area contributed by atoms with Gasteiger partial charge in [0.15, 0.2) is 5.81 Å². The first kappa shape index (κ1) is 13.6. The summed E-state index contributed by atoms with van der Waals surface area (Å²) >= 11 is 0. The van der Waals surface area contributed by atoms with E-state index < -0.39 is 7.52 Å². The molecule has 0 saturated carbocycles. The third-order valence-electron chi connectivity index (χ3n) is 1.81. The number of hydrogen-bond donors (Lipinski definition) is 0. The Morgan fingerprint density at radius 1 is 1.43 bits per heavy atom. The van der Waals surface area contributed by atoms with Gasteiger partial charge in [0.1, 0.15) is 0 Å². The van der Waals surface area contributed by atoms with E-state index in [1.807, 2.05) is 27.7 Å². The van der Waals surface area contributed by atoms with Crippen LogP contribution >= 0.6 is 7.52 Å². The average Bonchev–Trinajstić information content (AvgIpc) is 2.16. The number of hydrogen-bond acceptors (Lipinski definition) is 3. The van der Waals surface area contributed by atoms with Gasteiger partial charge < -0.3 is 4.52 Å². The van der Waals surface area contributed by atoms with E-state index in [4.69, 9.17) is 9.79 Å². The topological polar surface area (TPSA) is 53.3 Å². The molecule has 0 N–H and O–H groups in total. The third-order valence-corrected chi connectivity index (χ3v) is 3.87. The van der Waals surface area contributed by atoms with Crippen molar-refractivity contribution in [2.24, 2.45) is 5.92 Å². The van der Waals surface area contributed by atoms with Crippen LogP contribution in [0.1, 0.15) is 27.7 Å². The maximum absolute atomic E-state index is 12.0. The summed E-state index contributed by atoms with van der Waals surface area (Å²) < 4.78 is 18.8. The Morgan fingerprint density at radius 2 is 1.93 bits per heavy atom. The molecule has 0 spiro atoms. The minimum Gasteiger partial charge on any atom is -0.307 e. The Kier molecular flexibility index (Phi) is 6.03. The van der Waals surface area contributed by atoms with Crippen LogP contribution in [0.15, 0.2) is 0 Å². The molecular weight excluding hydrogens is 199 g/mol. The number of rotatable bonds is 6. The van der Waals surface area contributed by atoms with E-state index in [0.717, 1.165) is 0 Å². The molecule has 1 unspecified atom stereocenters. The second-order valence-corrected chi connectivity index (χ2v) is 5.51. The summed E-state index contributed by atoms with van der Waals surface area (Å²) in [6, 6.07) is 0. The Hall–Kier alpha value is -0.360. The lowest BCUT2D eigenvalue weighted by Crippen LogP contribution is -2.21. The van der Waals surface area contributed by atoms with Crippen LogP contribution < -0.4 is 0 Å². The SMILES string of the molecule is CCN(CC)P(=O)(C#N)OCC(C)C. The lowest BCUT2D eigenvalue weighted by molar-refractivity contribution is 0.242. The normalized spacial score (nSPS) is 15.5. The highest BCUT2D eigenvalue weighted by Crippen LogP contribution is 2.49. The van der Waals surface area contributed by atoms with Crippen LogP contribution in [0.2, 0.25) is 0 Å². The van der Waals surface area contributed by atoms with Crippen LogP contribution in [0.3, 0.4) is 0 Å². The van der Waals surface area contributed by atoms with E-state index in [0.29, 0.717) is 19.7 Å². The molecule has 0 aromatic carbocycles. The summed E-state index contributed by atoms with van der Waals surface area (Å²) in [7, 11) is -3.23. The summed E-state index contributed by atoms with van der Waals surface area (Å²) in [5, 5.41) is 8.85. The molecule has 1 atom stereocenters. The van der Waals surface area contributed by atoms with Gasteiger partial charge in [0.2, 0.25) is 0 Å². The van der Waals surface area contributed by atoms with Crippen molar-refractivity contribution < 1.29 is 9.09 Å². The number of nitrogens with zero attached hydrogens (tertiary/aromatic N) is 2.